The van der Waals surface area contributed by atoms with Gasteiger partial charge in [-0.3, -0.25) is 4.79 Å². The standard InChI is InChI=1S/C12H12FN3O/c13-10-3-1-9(2-4-10)11(17)16-12(7-14)5-6-15-8-12/h1-4,15H,5-6,8H2,(H,16,17)/t12-/m0/s1. The normalized spacial score (nSPS) is 23.1. The average molecular weight is 233 g/mol. The Labute approximate surface area is 98.4 Å². The molecule has 17 heavy (non-hydrogen) atoms. The molecule has 0 saturated carbocycles. The second-order valence-corrected chi connectivity index (χ2v) is 4.08. The monoisotopic (exact) mass is 233 g/mol. The fourth-order valence-electron chi connectivity index (χ4n) is 1.81. The van der Waals surface area contributed by atoms with Crippen molar-refractivity contribution in [1.82, 2.24) is 10.6 Å². The number of carbonyl (C=O) groups is 1. The number of amides is 1. The van der Waals surface area contributed by atoms with E-state index in [9.17, 15) is 9.18 Å². The first-order valence-corrected chi connectivity index (χ1v) is 5.35. The van der Waals surface area contributed by atoms with Gasteiger partial charge in [-0.2, -0.15) is 5.26 Å². The minimum atomic E-state index is -0.842. The van der Waals surface area contributed by atoms with Crippen molar-refractivity contribution in [3.05, 3.63) is 35.6 Å². The van der Waals surface area contributed by atoms with Gasteiger partial charge in [0.2, 0.25) is 0 Å². The Kier molecular flexibility index (Phi) is 3.07. The van der Waals surface area contributed by atoms with Gasteiger partial charge in [-0.25, -0.2) is 4.39 Å². The van der Waals surface area contributed by atoms with Crippen molar-refractivity contribution in [3.8, 4) is 6.07 Å². The second-order valence-electron chi connectivity index (χ2n) is 4.08. The predicted octanol–water partition coefficient (Wildman–Crippen LogP) is 0.811. The van der Waals surface area contributed by atoms with Crippen LogP contribution in [0.1, 0.15) is 16.8 Å². The molecule has 0 aliphatic carbocycles. The zero-order chi connectivity index (χ0) is 12.3. The van der Waals surface area contributed by atoms with Crippen molar-refractivity contribution in [2.24, 2.45) is 0 Å². The third-order valence-electron chi connectivity index (χ3n) is 2.83. The predicted molar refractivity (Wildman–Crippen MR) is 59.7 cm³/mol. The SMILES string of the molecule is N#C[C@@]1(NC(=O)c2ccc(F)cc2)CCNC1. The van der Waals surface area contributed by atoms with Crippen LogP contribution in [-0.4, -0.2) is 24.5 Å². The molecule has 1 aromatic rings. The molecule has 1 saturated heterocycles. The third-order valence-corrected chi connectivity index (χ3v) is 2.83. The van der Waals surface area contributed by atoms with Gasteiger partial charge in [0.1, 0.15) is 11.4 Å². The maximum absolute atomic E-state index is 12.7. The van der Waals surface area contributed by atoms with Gasteiger partial charge in [0.15, 0.2) is 0 Å². The maximum Gasteiger partial charge on any atom is 0.252 e. The lowest BCUT2D eigenvalue weighted by Gasteiger charge is -2.21. The van der Waals surface area contributed by atoms with E-state index in [4.69, 9.17) is 5.26 Å². The van der Waals surface area contributed by atoms with Crippen LogP contribution in [0.3, 0.4) is 0 Å². The molecule has 5 heteroatoms. The molecule has 1 aliphatic rings. The van der Waals surface area contributed by atoms with E-state index in [0.717, 1.165) is 0 Å². The molecule has 0 radical (unpaired) electrons. The van der Waals surface area contributed by atoms with Crippen LogP contribution in [-0.2, 0) is 0 Å². The van der Waals surface area contributed by atoms with E-state index in [1.54, 1.807) is 0 Å². The number of benzene rings is 1. The quantitative estimate of drug-likeness (QED) is 0.794. The van der Waals surface area contributed by atoms with Crippen LogP contribution in [0.2, 0.25) is 0 Å². The van der Waals surface area contributed by atoms with Gasteiger partial charge in [0, 0.05) is 12.1 Å². The number of nitrogens with zero attached hydrogens (tertiary/aromatic N) is 1. The molecule has 2 N–H and O–H groups in total. The lowest BCUT2D eigenvalue weighted by molar-refractivity contribution is 0.0924. The van der Waals surface area contributed by atoms with Crippen molar-refractivity contribution in [1.29, 1.82) is 5.26 Å². The first kappa shape index (κ1) is 11.6. The van der Waals surface area contributed by atoms with Crippen molar-refractivity contribution in [2.45, 2.75) is 12.0 Å². The fraction of sp³-hybridized carbons (Fsp3) is 0.333. The van der Waals surface area contributed by atoms with E-state index in [1.165, 1.54) is 24.3 Å². The zero-order valence-electron chi connectivity index (χ0n) is 9.16. The maximum atomic E-state index is 12.7. The number of halogens is 1. The molecule has 1 fully saturated rings. The summed E-state index contributed by atoms with van der Waals surface area (Å²) in [5.41, 5.74) is -0.487. The van der Waals surface area contributed by atoms with Gasteiger partial charge < -0.3 is 10.6 Å². The van der Waals surface area contributed by atoms with Gasteiger partial charge in [0.25, 0.3) is 5.91 Å². The molecule has 1 aromatic carbocycles. The van der Waals surface area contributed by atoms with Crippen LogP contribution in [0.4, 0.5) is 4.39 Å². The molecule has 0 unspecified atom stereocenters. The third kappa shape index (κ3) is 2.43. The van der Waals surface area contributed by atoms with Crippen LogP contribution < -0.4 is 10.6 Å². The van der Waals surface area contributed by atoms with Crippen molar-refractivity contribution in [3.63, 3.8) is 0 Å². The number of hydrogen-bond donors (Lipinski definition) is 2. The van der Waals surface area contributed by atoms with E-state index < -0.39 is 5.54 Å². The summed E-state index contributed by atoms with van der Waals surface area (Å²) in [6.45, 7) is 1.15. The Morgan fingerprint density at radius 1 is 1.47 bits per heavy atom. The van der Waals surface area contributed by atoms with Gasteiger partial charge >= 0.3 is 0 Å². The van der Waals surface area contributed by atoms with E-state index in [2.05, 4.69) is 16.7 Å². The summed E-state index contributed by atoms with van der Waals surface area (Å²) in [6, 6.07) is 7.37. The zero-order valence-corrected chi connectivity index (χ0v) is 9.16. The minimum absolute atomic E-state index is 0.352. The molecule has 0 aromatic heterocycles. The summed E-state index contributed by atoms with van der Waals surface area (Å²) >= 11 is 0. The van der Waals surface area contributed by atoms with Crippen LogP contribution in [0.15, 0.2) is 24.3 Å². The number of rotatable bonds is 2. The second kappa shape index (κ2) is 4.52. The summed E-state index contributed by atoms with van der Waals surface area (Å²) < 4.78 is 12.7. The topological polar surface area (TPSA) is 64.9 Å². The molecule has 1 aliphatic heterocycles. The fourth-order valence-corrected chi connectivity index (χ4v) is 1.81. The number of nitrogens with one attached hydrogen (secondary N) is 2. The molecular formula is C12H12FN3O. The lowest BCUT2D eigenvalue weighted by atomic mass is 10.00. The van der Waals surface area contributed by atoms with Gasteiger partial charge in [-0.05, 0) is 37.2 Å². The first-order chi connectivity index (χ1) is 8.15. The summed E-state index contributed by atoms with van der Waals surface area (Å²) in [5, 5.41) is 14.8. The van der Waals surface area contributed by atoms with E-state index in [1.807, 2.05) is 0 Å². The summed E-state index contributed by atoms with van der Waals surface area (Å²) in [4.78, 5) is 11.9. The molecule has 0 spiro atoms. The molecule has 1 heterocycles. The molecule has 2 rings (SSSR count). The summed E-state index contributed by atoms with van der Waals surface area (Å²) in [5.74, 6) is -0.741. The Morgan fingerprint density at radius 3 is 2.71 bits per heavy atom. The van der Waals surface area contributed by atoms with Gasteiger partial charge in [-0.15, -0.1) is 0 Å². The van der Waals surface area contributed by atoms with Gasteiger partial charge in [-0.1, -0.05) is 0 Å². The van der Waals surface area contributed by atoms with E-state index in [0.29, 0.717) is 25.1 Å². The summed E-state index contributed by atoms with van der Waals surface area (Å²) in [7, 11) is 0. The lowest BCUT2D eigenvalue weighted by Crippen LogP contribution is -2.48. The Hall–Kier alpha value is -1.93. The smallest absolute Gasteiger partial charge is 0.252 e. The highest BCUT2D eigenvalue weighted by Gasteiger charge is 2.35. The van der Waals surface area contributed by atoms with Crippen LogP contribution >= 0.6 is 0 Å². The summed E-state index contributed by atoms with van der Waals surface area (Å²) in [6.07, 6.45) is 0.580. The number of hydrogen-bond acceptors (Lipinski definition) is 3. The Balaban J connectivity index is 2.11. The van der Waals surface area contributed by atoms with E-state index in [-0.39, 0.29) is 11.7 Å². The molecule has 1 atom stereocenters. The molecule has 88 valence electrons. The highest BCUT2D eigenvalue weighted by Crippen LogP contribution is 2.14. The minimum Gasteiger partial charge on any atom is -0.333 e. The van der Waals surface area contributed by atoms with Crippen molar-refractivity contribution in [2.75, 3.05) is 13.1 Å². The highest BCUT2D eigenvalue weighted by atomic mass is 19.1. The number of nitriles is 1. The van der Waals surface area contributed by atoms with E-state index >= 15 is 0 Å². The highest BCUT2D eigenvalue weighted by molar-refractivity contribution is 5.95. The molecular weight excluding hydrogens is 221 g/mol. The molecule has 1 amide bonds. The van der Waals surface area contributed by atoms with Crippen LogP contribution in [0, 0.1) is 17.1 Å². The molecule has 0 bridgehead atoms. The number of carbonyl (C=O) groups excluding carboxylic acids is 1. The first-order valence-electron chi connectivity index (χ1n) is 5.35. The molecule has 4 nitrogen and oxygen atoms in total. The van der Waals surface area contributed by atoms with Crippen LogP contribution in [0.5, 0.6) is 0 Å². The van der Waals surface area contributed by atoms with Crippen molar-refractivity contribution < 1.29 is 9.18 Å². The average Bonchev–Trinajstić information content (AvgIpc) is 2.79. The Morgan fingerprint density at radius 2 is 2.18 bits per heavy atom. The van der Waals surface area contributed by atoms with Crippen LogP contribution in [0.25, 0.3) is 0 Å². The Bertz CT molecular complexity index is 458. The van der Waals surface area contributed by atoms with Crippen molar-refractivity contribution >= 4 is 5.91 Å². The van der Waals surface area contributed by atoms with Gasteiger partial charge in [0.05, 0.1) is 6.07 Å². The largest absolute Gasteiger partial charge is 0.333 e.